The summed E-state index contributed by atoms with van der Waals surface area (Å²) in [5, 5.41) is 21.3. The molecule has 5 nitrogen and oxygen atoms in total. The van der Waals surface area contributed by atoms with Gasteiger partial charge in [0.05, 0.1) is 24.7 Å². The largest absolute Gasteiger partial charge is 0.469 e. The summed E-state index contributed by atoms with van der Waals surface area (Å²) in [4.78, 5) is 13.5. The third kappa shape index (κ3) is 3.35. The molecule has 4 fully saturated rings. The lowest BCUT2D eigenvalue weighted by atomic mass is 9.33. The predicted octanol–water partition coefficient (Wildman–Crippen LogP) is 5.78. The Balaban J connectivity index is 1.68. The molecule has 0 aromatic heterocycles. The maximum absolute atomic E-state index is 13.5. The summed E-state index contributed by atoms with van der Waals surface area (Å²) in [5.41, 5.74) is 0.827. The number of aliphatic hydroxyl groups is 2. The molecule has 0 aliphatic heterocycles. The summed E-state index contributed by atoms with van der Waals surface area (Å²) in [5.74, 6) is 1.20. The Hall–Kier alpha value is -0.910. The van der Waals surface area contributed by atoms with E-state index in [1.165, 1.54) is 12.7 Å². The number of methoxy groups -OCH3 is 2. The molecule has 0 spiro atoms. The number of esters is 1. The molecule has 11 atom stereocenters. The molecule has 37 heavy (non-hydrogen) atoms. The number of carbonyl (C=O) groups is 1. The lowest BCUT2D eigenvalue weighted by Gasteiger charge is -2.72. The van der Waals surface area contributed by atoms with Crippen molar-refractivity contribution in [1.29, 1.82) is 0 Å². The van der Waals surface area contributed by atoms with Gasteiger partial charge in [-0.2, -0.15) is 0 Å². The van der Waals surface area contributed by atoms with E-state index in [0.717, 1.165) is 51.4 Å². The number of rotatable bonds is 3. The quantitative estimate of drug-likeness (QED) is 0.368. The van der Waals surface area contributed by atoms with E-state index >= 15 is 0 Å². The minimum atomic E-state index is -0.509. The fourth-order valence-corrected chi connectivity index (χ4v) is 11.5. The van der Waals surface area contributed by atoms with Gasteiger partial charge in [0.1, 0.15) is 0 Å². The van der Waals surface area contributed by atoms with Crippen LogP contribution < -0.4 is 0 Å². The minimum Gasteiger partial charge on any atom is -0.469 e. The van der Waals surface area contributed by atoms with E-state index in [9.17, 15) is 15.0 Å². The first-order chi connectivity index (χ1) is 17.3. The monoisotopic (exact) mass is 516 g/mol. The van der Waals surface area contributed by atoms with Crippen molar-refractivity contribution in [3.8, 4) is 0 Å². The van der Waals surface area contributed by atoms with E-state index in [4.69, 9.17) is 9.47 Å². The number of hydrogen-bond acceptors (Lipinski definition) is 5. The Morgan fingerprint density at radius 3 is 2.32 bits per heavy atom. The summed E-state index contributed by atoms with van der Waals surface area (Å²) in [6, 6.07) is 0. The van der Waals surface area contributed by atoms with Crippen LogP contribution in [0.3, 0.4) is 0 Å². The molecule has 5 aliphatic carbocycles. The van der Waals surface area contributed by atoms with Crippen molar-refractivity contribution in [3.05, 3.63) is 11.6 Å². The summed E-state index contributed by atoms with van der Waals surface area (Å²) < 4.78 is 11.9. The zero-order valence-corrected chi connectivity index (χ0v) is 24.6. The van der Waals surface area contributed by atoms with Crippen LogP contribution in [0, 0.1) is 56.7 Å². The Kier molecular flexibility index (Phi) is 6.57. The molecule has 0 aromatic rings. The molecule has 5 heteroatoms. The van der Waals surface area contributed by atoms with Gasteiger partial charge in [0.15, 0.2) is 0 Å². The Labute approximate surface area is 224 Å². The fraction of sp³-hybridized carbons (Fsp3) is 0.906. The lowest BCUT2D eigenvalue weighted by Crippen LogP contribution is -2.68. The van der Waals surface area contributed by atoms with E-state index in [2.05, 4.69) is 47.6 Å². The van der Waals surface area contributed by atoms with E-state index in [1.54, 1.807) is 0 Å². The third-order valence-electron chi connectivity index (χ3n) is 13.8. The molecule has 2 N–H and O–H groups in total. The first kappa shape index (κ1) is 27.6. The molecule has 4 saturated carbocycles. The second kappa shape index (κ2) is 8.80. The first-order valence-electron chi connectivity index (χ1n) is 14.9. The number of hydrogen-bond donors (Lipinski definition) is 2. The smallest absolute Gasteiger partial charge is 0.312 e. The second-order valence-electron chi connectivity index (χ2n) is 15.0. The zero-order valence-electron chi connectivity index (χ0n) is 24.6. The Bertz CT molecular complexity index is 957. The van der Waals surface area contributed by atoms with E-state index < -0.39 is 5.41 Å². The van der Waals surface area contributed by atoms with Crippen molar-refractivity contribution in [2.45, 2.75) is 105 Å². The highest BCUT2D eigenvalue weighted by Crippen LogP contribution is 2.76. The van der Waals surface area contributed by atoms with Crippen LogP contribution in [0.4, 0.5) is 0 Å². The van der Waals surface area contributed by atoms with Crippen LogP contribution in [-0.2, 0) is 14.3 Å². The molecule has 0 saturated heterocycles. The maximum Gasteiger partial charge on any atom is 0.312 e. The summed E-state index contributed by atoms with van der Waals surface area (Å²) >= 11 is 0. The van der Waals surface area contributed by atoms with Gasteiger partial charge in [-0.05, 0) is 96.7 Å². The van der Waals surface area contributed by atoms with Crippen molar-refractivity contribution < 1.29 is 24.5 Å². The summed E-state index contributed by atoms with van der Waals surface area (Å²) in [6.45, 7) is 14.5. The average molecular weight is 517 g/mol. The molecular formula is C32H52O5. The van der Waals surface area contributed by atoms with Gasteiger partial charge in [-0.25, -0.2) is 0 Å². The average Bonchev–Trinajstić information content (AvgIpc) is 2.86. The third-order valence-corrected chi connectivity index (χ3v) is 13.8. The normalized spacial score (nSPS) is 52.6. The minimum absolute atomic E-state index is 0.0234. The molecule has 0 amide bonds. The van der Waals surface area contributed by atoms with Gasteiger partial charge in [0.25, 0.3) is 0 Å². The highest BCUT2D eigenvalue weighted by atomic mass is 16.5. The molecular weight excluding hydrogens is 464 g/mol. The van der Waals surface area contributed by atoms with Crippen molar-refractivity contribution >= 4 is 5.97 Å². The van der Waals surface area contributed by atoms with Gasteiger partial charge in [0, 0.05) is 19.6 Å². The van der Waals surface area contributed by atoms with Crippen molar-refractivity contribution in [3.63, 3.8) is 0 Å². The predicted molar refractivity (Wildman–Crippen MR) is 145 cm³/mol. The highest BCUT2D eigenvalue weighted by Gasteiger charge is 2.71. The molecule has 5 rings (SSSR count). The van der Waals surface area contributed by atoms with Gasteiger partial charge < -0.3 is 19.7 Å². The molecule has 210 valence electrons. The molecule has 0 bridgehead atoms. The Morgan fingerprint density at radius 1 is 1.00 bits per heavy atom. The van der Waals surface area contributed by atoms with Crippen LogP contribution >= 0.6 is 0 Å². The van der Waals surface area contributed by atoms with Crippen molar-refractivity contribution in [2.24, 2.45) is 56.7 Å². The SMILES string of the molecule is COC(=O)[C@]12CC[C@@H](CO)[C@H](C)[C@H]1C1=C[C@@H](OC)[C@@H]3[C@@]4(C)CC[C@H](O)C(C)(C)[C@@H]4CC[C@@]3(C)[C@]1(C)CC2. The van der Waals surface area contributed by atoms with Gasteiger partial charge >= 0.3 is 5.97 Å². The standard InChI is InChI=1S/C32H52O5/c1-19-20(18-33)9-14-32(27(35)37-8)16-15-30(5)21(25(19)32)17-22(36-7)26-29(4)12-11-24(34)28(2,3)23(29)10-13-31(26,30)6/h17,19-20,22-26,33-34H,9-16,18H2,1-8H3/t19-,20-,22+,23-,24-,25-,26+,29-,30+,31+,32-/m0/s1. The number of ether oxygens (including phenoxy) is 2. The second-order valence-corrected chi connectivity index (χ2v) is 15.0. The lowest BCUT2D eigenvalue weighted by molar-refractivity contribution is -0.230. The van der Waals surface area contributed by atoms with Gasteiger partial charge in [-0.1, -0.05) is 53.2 Å². The summed E-state index contributed by atoms with van der Waals surface area (Å²) in [7, 11) is 3.40. The number of carbonyl (C=O) groups excluding carboxylic acids is 1. The highest BCUT2D eigenvalue weighted by molar-refractivity contribution is 5.78. The Morgan fingerprint density at radius 2 is 1.70 bits per heavy atom. The van der Waals surface area contributed by atoms with Crippen LogP contribution in [0.5, 0.6) is 0 Å². The zero-order chi connectivity index (χ0) is 27.2. The van der Waals surface area contributed by atoms with E-state index in [-0.39, 0.29) is 64.2 Å². The number of allylic oxidation sites excluding steroid dienone is 1. The molecule has 0 heterocycles. The van der Waals surface area contributed by atoms with Gasteiger partial charge in [0.2, 0.25) is 0 Å². The van der Waals surface area contributed by atoms with Crippen LogP contribution in [0.1, 0.15) is 92.9 Å². The van der Waals surface area contributed by atoms with Crippen LogP contribution in [0.15, 0.2) is 11.6 Å². The molecule has 0 radical (unpaired) electrons. The first-order valence-corrected chi connectivity index (χ1v) is 14.9. The van der Waals surface area contributed by atoms with Crippen molar-refractivity contribution in [1.82, 2.24) is 0 Å². The fourth-order valence-electron chi connectivity index (χ4n) is 11.5. The summed E-state index contributed by atoms with van der Waals surface area (Å²) in [6.07, 6.45) is 9.76. The van der Waals surface area contributed by atoms with E-state index in [0.29, 0.717) is 11.8 Å². The number of aliphatic hydroxyl groups excluding tert-OH is 2. The van der Waals surface area contributed by atoms with Crippen LogP contribution in [0.25, 0.3) is 0 Å². The van der Waals surface area contributed by atoms with Crippen LogP contribution in [-0.4, -0.2) is 49.2 Å². The van der Waals surface area contributed by atoms with Gasteiger partial charge in [-0.3, -0.25) is 4.79 Å². The molecule has 5 aliphatic rings. The van der Waals surface area contributed by atoms with Crippen LogP contribution in [0.2, 0.25) is 0 Å². The topological polar surface area (TPSA) is 76.0 Å². The van der Waals surface area contributed by atoms with E-state index in [1.807, 2.05) is 7.11 Å². The van der Waals surface area contributed by atoms with Gasteiger partial charge in [-0.15, -0.1) is 0 Å². The molecule has 0 aromatic carbocycles. The number of fused-ring (bicyclic) bond motifs is 7. The van der Waals surface area contributed by atoms with Crippen molar-refractivity contribution in [2.75, 3.05) is 20.8 Å². The molecule has 0 unspecified atom stereocenters. The maximum atomic E-state index is 13.5.